The molecule has 0 aliphatic heterocycles. The van der Waals surface area contributed by atoms with E-state index in [-0.39, 0.29) is 17.2 Å². The van der Waals surface area contributed by atoms with Crippen LogP contribution in [0.5, 0.6) is 0 Å². The first-order valence-electron chi connectivity index (χ1n) is 8.18. The number of nitrogens with zero attached hydrogens (tertiary/aromatic N) is 1. The second-order valence-electron chi connectivity index (χ2n) is 5.75. The molecule has 0 radical (unpaired) electrons. The zero-order valence-electron chi connectivity index (χ0n) is 15.3. The minimum absolute atomic E-state index is 0.00274. The molecule has 0 saturated heterocycles. The van der Waals surface area contributed by atoms with Crippen molar-refractivity contribution < 1.29 is 24.0 Å². The molecule has 1 amide bonds. The molecule has 9 heteroatoms. The Kier molecular flexibility index (Phi) is 7.28. The number of nitro benzene ring substituents is 1. The van der Waals surface area contributed by atoms with Crippen molar-refractivity contribution in [2.24, 2.45) is 0 Å². The van der Waals surface area contributed by atoms with Gasteiger partial charge in [0.15, 0.2) is 12.4 Å². The predicted octanol–water partition coefficient (Wildman–Crippen LogP) is 2.99. The maximum Gasteiger partial charge on any atom is 0.338 e. The summed E-state index contributed by atoms with van der Waals surface area (Å²) in [5.74, 6) is -1.38. The molecule has 0 spiro atoms. The van der Waals surface area contributed by atoms with Gasteiger partial charge in [-0.05, 0) is 24.0 Å². The molecule has 0 heterocycles. The van der Waals surface area contributed by atoms with Crippen molar-refractivity contribution in [3.05, 3.63) is 69.3 Å². The first-order chi connectivity index (χ1) is 13.3. The van der Waals surface area contributed by atoms with Crippen molar-refractivity contribution in [1.29, 1.82) is 0 Å². The Morgan fingerprint density at radius 1 is 1.11 bits per heavy atom. The molecule has 0 aliphatic rings. The second-order valence-corrected chi connectivity index (χ2v) is 6.60. The Morgan fingerprint density at radius 3 is 2.32 bits per heavy atom. The number of benzene rings is 2. The van der Waals surface area contributed by atoms with Crippen molar-refractivity contribution >= 4 is 35.1 Å². The number of ether oxygens (including phenoxy) is 1. The van der Waals surface area contributed by atoms with Crippen LogP contribution in [-0.4, -0.2) is 35.4 Å². The summed E-state index contributed by atoms with van der Waals surface area (Å²) in [6.45, 7) is 1.28. The van der Waals surface area contributed by atoms with Crippen LogP contribution in [-0.2, 0) is 16.1 Å². The Bertz CT molecular complexity index is 911. The van der Waals surface area contributed by atoms with Gasteiger partial charge in [0.25, 0.3) is 5.69 Å². The van der Waals surface area contributed by atoms with E-state index in [1.807, 2.05) is 0 Å². The van der Waals surface area contributed by atoms with Gasteiger partial charge in [-0.25, -0.2) is 4.79 Å². The van der Waals surface area contributed by atoms with Crippen LogP contribution in [0.3, 0.4) is 0 Å². The van der Waals surface area contributed by atoms with E-state index in [0.29, 0.717) is 17.0 Å². The van der Waals surface area contributed by atoms with Crippen molar-refractivity contribution in [1.82, 2.24) is 5.32 Å². The maximum atomic E-state index is 12.2. The van der Waals surface area contributed by atoms with E-state index in [2.05, 4.69) is 5.32 Å². The average molecular weight is 402 g/mol. The fourth-order valence-corrected chi connectivity index (χ4v) is 2.84. The molecular formula is C19H18N2O6S. The molecule has 2 aromatic rings. The van der Waals surface area contributed by atoms with Crippen LogP contribution in [0.15, 0.2) is 47.4 Å². The third-order valence-electron chi connectivity index (χ3n) is 3.76. The van der Waals surface area contributed by atoms with E-state index in [4.69, 9.17) is 4.74 Å². The number of amides is 1. The zero-order chi connectivity index (χ0) is 20.7. The van der Waals surface area contributed by atoms with Crippen molar-refractivity contribution in [3.63, 3.8) is 0 Å². The van der Waals surface area contributed by atoms with E-state index >= 15 is 0 Å². The Morgan fingerprint density at radius 2 is 1.75 bits per heavy atom. The van der Waals surface area contributed by atoms with Gasteiger partial charge in [-0.2, -0.15) is 0 Å². The first kappa shape index (κ1) is 21.1. The number of Topliss-reactive ketones (excluding diaryl/α,β-unsaturated/α-hetero) is 1. The van der Waals surface area contributed by atoms with Gasteiger partial charge in [0.2, 0.25) is 5.91 Å². The van der Waals surface area contributed by atoms with Gasteiger partial charge < -0.3 is 10.1 Å². The zero-order valence-corrected chi connectivity index (χ0v) is 16.1. The molecule has 0 unspecified atom stereocenters. The van der Waals surface area contributed by atoms with Crippen molar-refractivity contribution in [2.45, 2.75) is 18.4 Å². The van der Waals surface area contributed by atoms with Gasteiger partial charge in [-0.3, -0.25) is 19.7 Å². The number of thioether (sulfide) groups is 1. The van der Waals surface area contributed by atoms with Crippen molar-refractivity contribution in [3.8, 4) is 0 Å². The monoisotopic (exact) mass is 402 g/mol. The molecule has 146 valence electrons. The minimum Gasteiger partial charge on any atom is -0.454 e. The number of carbonyl (C=O) groups is 3. The molecule has 28 heavy (non-hydrogen) atoms. The first-order valence-corrected chi connectivity index (χ1v) is 9.40. The Labute approximate surface area is 165 Å². The molecular weight excluding hydrogens is 384 g/mol. The van der Waals surface area contributed by atoms with Crippen LogP contribution in [0.25, 0.3) is 0 Å². The van der Waals surface area contributed by atoms with Crippen LogP contribution < -0.4 is 5.32 Å². The van der Waals surface area contributed by atoms with Gasteiger partial charge in [0.1, 0.15) is 0 Å². The van der Waals surface area contributed by atoms with E-state index < -0.39 is 23.3 Å². The number of ketones is 1. The minimum atomic E-state index is -0.814. The summed E-state index contributed by atoms with van der Waals surface area (Å²) >= 11 is 1.19. The van der Waals surface area contributed by atoms with Crippen LogP contribution in [0.1, 0.15) is 33.2 Å². The lowest BCUT2D eigenvalue weighted by Gasteiger charge is -2.07. The smallest absolute Gasteiger partial charge is 0.338 e. The molecule has 1 N–H and O–H groups in total. The van der Waals surface area contributed by atoms with Gasteiger partial charge in [-0.1, -0.05) is 24.3 Å². The van der Waals surface area contributed by atoms with E-state index in [1.165, 1.54) is 30.8 Å². The molecule has 0 aliphatic carbocycles. The summed E-state index contributed by atoms with van der Waals surface area (Å²) in [7, 11) is 0. The summed E-state index contributed by atoms with van der Waals surface area (Å²) in [5.41, 5.74) is 0.985. The number of nitrogens with one attached hydrogen (secondary N) is 1. The van der Waals surface area contributed by atoms with E-state index in [9.17, 15) is 24.5 Å². The fraction of sp³-hybridized carbons (Fsp3) is 0.211. The molecule has 2 rings (SSSR count). The summed E-state index contributed by atoms with van der Waals surface area (Å²) in [5, 5.41) is 13.7. The number of carbonyl (C=O) groups excluding carboxylic acids is 3. The lowest BCUT2D eigenvalue weighted by atomic mass is 10.1. The fourth-order valence-electron chi connectivity index (χ4n) is 2.29. The van der Waals surface area contributed by atoms with Gasteiger partial charge in [0, 0.05) is 25.1 Å². The van der Waals surface area contributed by atoms with Crippen LogP contribution in [0, 0.1) is 10.1 Å². The van der Waals surface area contributed by atoms with Crippen LogP contribution in [0.2, 0.25) is 0 Å². The highest BCUT2D eigenvalue weighted by Crippen LogP contribution is 2.28. The predicted molar refractivity (Wildman–Crippen MR) is 103 cm³/mol. The standard InChI is InChI=1S/C19H18N2O6S/c1-12(22)20-10-13-3-5-14(6-4-13)17(23)11-27-19(24)15-7-8-18(28-2)16(9-15)21(25)26/h3-9H,10-11H2,1-2H3,(H,20,22). The molecule has 0 fully saturated rings. The SMILES string of the molecule is CSc1ccc(C(=O)OCC(=O)c2ccc(CNC(C)=O)cc2)cc1[N+](=O)[O-]. The molecule has 0 aromatic heterocycles. The number of nitro groups is 1. The summed E-state index contributed by atoms with van der Waals surface area (Å²) in [4.78, 5) is 46.1. The topological polar surface area (TPSA) is 116 Å². The third-order valence-corrected chi connectivity index (χ3v) is 4.55. The number of rotatable bonds is 8. The highest BCUT2D eigenvalue weighted by atomic mass is 32.2. The van der Waals surface area contributed by atoms with Crippen LogP contribution >= 0.6 is 11.8 Å². The van der Waals surface area contributed by atoms with E-state index in [1.54, 1.807) is 30.5 Å². The molecule has 0 atom stereocenters. The lowest BCUT2D eigenvalue weighted by Crippen LogP contribution is -2.19. The second kappa shape index (κ2) is 9.65. The van der Waals surface area contributed by atoms with Gasteiger partial charge >= 0.3 is 5.97 Å². The quantitative estimate of drug-likeness (QED) is 0.237. The number of hydrogen-bond acceptors (Lipinski definition) is 7. The van der Waals surface area contributed by atoms with Gasteiger partial charge in [-0.15, -0.1) is 11.8 Å². The number of esters is 1. The largest absolute Gasteiger partial charge is 0.454 e. The average Bonchev–Trinajstić information content (AvgIpc) is 2.69. The molecule has 2 aromatic carbocycles. The summed E-state index contributed by atoms with van der Waals surface area (Å²) in [6.07, 6.45) is 1.69. The Balaban J connectivity index is 1.98. The summed E-state index contributed by atoms with van der Waals surface area (Å²) < 4.78 is 4.99. The van der Waals surface area contributed by atoms with Crippen LogP contribution in [0.4, 0.5) is 5.69 Å². The third kappa shape index (κ3) is 5.65. The van der Waals surface area contributed by atoms with Gasteiger partial charge in [0.05, 0.1) is 15.4 Å². The van der Waals surface area contributed by atoms with E-state index in [0.717, 1.165) is 11.6 Å². The summed E-state index contributed by atoms with van der Waals surface area (Å²) in [6, 6.07) is 10.6. The molecule has 0 saturated carbocycles. The maximum absolute atomic E-state index is 12.2. The molecule has 0 bridgehead atoms. The normalized spacial score (nSPS) is 10.2. The number of hydrogen-bond donors (Lipinski definition) is 1. The highest BCUT2D eigenvalue weighted by Gasteiger charge is 2.19. The lowest BCUT2D eigenvalue weighted by molar-refractivity contribution is -0.387. The highest BCUT2D eigenvalue weighted by molar-refractivity contribution is 7.98. The molecule has 8 nitrogen and oxygen atoms in total. The van der Waals surface area contributed by atoms with Crippen molar-refractivity contribution in [2.75, 3.05) is 12.9 Å². The Hall–Kier alpha value is -3.20.